The Labute approximate surface area is 252 Å². The van der Waals surface area contributed by atoms with Crippen LogP contribution >= 0.6 is 0 Å². The lowest BCUT2D eigenvalue weighted by molar-refractivity contribution is 0.829. The molecule has 0 radical (unpaired) electrons. The van der Waals surface area contributed by atoms with E-state index in [-0.39, 0.29) is 5.92 Å². The molecule has 3 aromatic carbocycles. The van der Waals surface area contributed by atoms with Crippen LogP contribution in [0.4, 0.5) is 11.4 Å². The van der Waals surface area contributed by atoms with Crippen LogP contribution in [0.2, 0.25) is 0 Å². The van der Waals surface area contributed by atoms with Gasteiger partial charge in [-0.3, -0.25) is 0 Å². The largest absolute Gasteiger partial charge is 0.345 e. The molecule has 42 heavy (non-hydrogen) atoms. The maximum Gasteiger partial charge on any atom is 0.0414 e. The molecule has 210 valence electrons. The number of hydrogen-bond donors (Lipinski definition) is 0. The number of anilines is 2. The van der Waals surface area contributed by atoms with E-state index in [2.05, 4.69) is 166 Å². The van der Waals surface area contributed by atoms with E-state index >= 15 is 0 Å². The molecule has 1 atom stereocenters. The van der Waals surface area contributed by atoms with Gasteiger partial charge in [-0.05, 0) is 96.4 Å². The van der Waals surface area contributed by atoms with Crippen molar-refractivity contribution in [1.82, 2.24) is 0 Å². The average molecular weight is 548 g/mol. The summed E-state index contributed by atoms with van der Waals surface area (Å²) in [4.78, 5) is 2.25. The van der Waals surface area contributed by atoms with Crippen LogP contribution in [0.15, 0.2) is 157 Å². The molecule has 5 rings (SSSR count). The molecular formula is C41H41N. The smallest absolute Gasteiger partial charge is 0.0414 e. The van der Waals surface area contributed by atoms with Gasteiger partial charge >= 0.3 is 0 Å². The highest BCUT2D eigenvalue weighted by molar-refractivity contribution is 5.77. The summed E-state index contributed by atoms with van der Waals surface area (Å²) in [6.45, 7) is 8.44. The van der Waals surface area contributed by atoms with Gasteiger partial charge in [0, 0.05) is 24.3 Å². The first kappa shape index (κ1) is 28.9. The minimum Gasteiger partial charge on any atom is -0.345 e. The summed E-state index contributed by atoms with van der Waals surface area (Å²) >= 11 is 0. The van der Waals surface area contributed by atoms with Crippen LogP contribution in [-0.4, -0.2) is 7.05 Å². The van der Waals surface area contributed by atoms with Crippen molar-refractivity contribution in [1.29, 1.82) is 0 Å². The van der Waals surface area contributed by atoms with Crippen LogP contribution in [0.25, 0.3) is 11.6 Å². The zero-order valence-corrected chi connectivity index (χ0v) is 25.1. The molecule has 0 aromatic heterocycles. The first-order chi connectivity index (χ1) is 20.5. The fourth-order valence-corrected chi connectivity index (χ4v) is 5.44. The van der Waals surface area contributed by atoms with Gasteiger partial charge in [0.05, 0.1) is 0 Å². The molecule has 0 saturated heterocycles. The second kappa shape index (κ2) is 13.8. The summed E-state index contributed by atoms with van der Waals surface area (Å²) < 4.78 is 0. The van der Waals surface area contributed by atoms with E-state index in [0.29, 0.717) is 0 Å². The van der Waals surface area contributed by atoms with Crippen molar-refractivity contribution in [3.8, 4) is 0 Å². The van der Waals surface area contributed by atoms with Crippen molar-refractivity contribution in [3.05, 3.63) is 179 Å². The van der Waals surface area contributed by atoms with E-state index < -0.39 is 0 Å². The Bertz CT molecular complexity index is 1610. The lowest BCUT2D eigenvalue weighted by atomic mass is 9.84. The Hall–Kier alpha value is -4.62. The van der Waals surface area contributed by atoms with Gasteiger partial charge in [0.1, 0.15) is 0 Å². The third-order valence-corrected chi connectivity index (χ3v) is 8.19. The fourth-order valence-electron chi connectivity index (χ4n) is 5.44. The summed E-state index contributed by atoms with van der Waals surface area (Å²) in [5.41, 5.74) is 12.7. The average Bonchev–Trinajstić information content (AvgIpc) is 3.02. The topological polar surface area (TPSA) is 3.24 Å². The number of nitrogens with zero attached hydrogens (tertiary/aromatic N) is 1. The Kier molecular flexibility index (Phi) is 9.51. The fraction of sp³-hybridized carbons (Fsp3) is 0.171. The van der Waals surface area contributed by atoms with Crippen molar-refractivity contribution in [2.45, 2.75) is 39.0 Å². The van der Waals surface area contributed by atoms with Crippen molar-refractivity contribution in [3.63, 3.8) is 0 Å². The van der Waals surface area contributed by atoms with Crippen molar-refractivity contribution < 1.29 is 0 Å². The maximum absolute atomic E-state index is 4.17. The van der Waals surface area contributed by atoms with Gasteiger partial charge in [-0.1, -0.05) is 128 Å². The van der Waals surface area contributed by atoms with Gasteiger partial charge in [-0.15, -0.1) is 0 Å². The van der Waals surface area contributed by atoms with Gasteiger partial charge in [0.15, 0.2) is 0 Å². The summed E-state index contributed by atoms with van der Waals surface area (Å²) in [6.07, 6.45) is 27.5. The third-order valence-electron chi connectivity index (χ3n) is 8.19. The quantitative estimate of drug-likeness (QED) is 0.241. The molecule has 0 aliphatic heterocycles. The molecule has 1 heteroatoms. The van der Waals surface area contributed by atoms with Gasteiger partial charge in [0.2, 0.25) is 0 Å². The minimum absolute atomic E-state index is 0.136. The molecular weight excluding hydrogens is 506 g/mol. The van der Waals surface area contributed by atoms with Crippen LogP contribution < -0.4 is 4.90 Å². The summed E-state index contributed by atoms with van der Waals surface area (Å²) in [7, 11) is 2.14. The molecule has 1 saturated carbocycles. The van der Waals surface area contributed by atoms with Crippen molar-refractivity contribution in [2.75, 3.05) is 11.9 Å². The van der Waals surface area contributed by atoms with Crippen LogP contribution in [0, 0.1) is 6.92 Å². The molecule has 2 aliphatic rings. The standard InChI is InChI=1S/C41H41N/c1-5-34-22-23-39(34)28-33-15-11-17-41(29-33)42(4)40-26-24-36(25-27-40)35(6-2)30-38(37-20-18-31(3)19-21-37)16-10-14-32-12-8-7-9-13-32/h5-12,14-21,24-30,38H,2,13,22-23H2,1,3-4H3/b16-10+,32-14-,34-5-,35-30-,39-28?. The Balaban J connectivity index is 1.37. The highest BCUT2D eigenvalue weighted by Crippen LogP contribution is 2.35. The molecule has 1 nitrogen and oxygen atoms in total. The van der Waals surface area contributed by atoms with Gasteiger partial charge in [-0.2, -0.15) is 0 Å². The Morgan fingerprint density at radius 1 is 0.905 bits per heavy atom. The normalized spacial score (nSPS) is 18.5. The maximum atomic E-state index is 4.17. The number of hydrogen-bond acceptors (Lipinski definition) is 1. The molecule has 3 aromatic rings. The molecule has 0 spiro atoms. The first-order valence-electron chi connectivity index (χ1n) is 15.0. The molecule has 2 aliphatic carbocycles. The summed E-state index contributed by atoms with van der Waals surface area (Å²) in [6, 6.07) is 26.4. The predicted octanol–water partition coefficient (Wildman–Crippen LogP) is 11.2. The first-order valence-corrected chi connectivity index (χ1v) is 15.0. The predicted molar refractivity (Wildman–Crippen MR) is 184 cm³/mol. The van der Waals surface area contributed by atoms with Gasteiger partial charge in [0.25, 0.3) is 0 Å². The van der Waals surface area contributed by atoms with E-state index in [1.165, 1.54) is 51.9 Å². The monoisotopic (exact) mass is 547 g/mol. The zero-order chi connectivity index (χ0) is 29.3. The van der Waals surface area contributed by atoms with Gasteiger partial charge < -0.3 is 4.90 Å². The van der Waals surface area contributed by atoms with Crippen LogP contribution in [0.3, 0.4) is 0 Å². The Morgan fingerprint density at radius 3 is 2.36 bits per heavy atom. The third kappa shape index (κ3) is 7.17. The number of allylic oxidation sites excluding steroid dienone is 14. The number of benzene rings is 3. The molecule has 0 amide bonds. The van der Waals surface area contributed by atoms with Crippen LogP contribution in [0.5, 0.6) is 0 Å². The van der Waals surface area contributed by atoms with E-state index in [1.807, 2.05) is 6.08 Å². The molecule has 0 bridgehead atoms. The number of rotatable bonds is 9. The second-order valence-electron chi connectivity index (χ2n) is 11.1. The lowest BCUT2D eigenvalue weighted by Crippen LogP contribution is -2.09. The highest BCUT2D eigenvalue weighted by Gasteiger charge is 2.15. The zero-order valence-electron chi connectivity index (χ0n) is 25.1. The van der Waals surface area contributed by atoms with Crippen LogP contribution in [-0.2, 0) is 0 Å². The Morgan fingerprint density at radius 2 is 1.69 bits per heavy atom. The van der Waals surface area contributed by atoms with Gasteiger partial charge in [-0.25, -0.2) is 0 Å². The number of aryl methyl sites for hydroxylation is 1. The minimum atomic E-state index is 0.136. The van der Waals surface area contributed by atoms with Crippen molar-refractivity contribution >= 4 is 23.0 Å². The van der Waals surface area contributed by atoms with Crippen LogP contribution in [0.1, 0.15) is 54.4 Å². The summed E-state index contributed by atoms with van der Waals surface area (Å²) in [5.74, 6) is 0.136. The lowest BCUT2D eigenvalue weighted by Gasteiger charge is -2.23. The van der Waals surface area contributed by atoms with Crippen molar-refractivity contribution in [2.24, 2.45) is 0 Å². The van der Waals surface area contributed by atoms with E-state index in [4.69, 9.17) is 0 Å². The van der Waals surface area contributed by atoms with E-state index in [0.717, 1.165) is 23.2 Å². The molecule has 1 unspecified atom stereocenters. The van der Waals surface area contributed by atoms with E-state index in [1.54, 1.807) is 0 Å². The second-order valence-corrected chi connectivity index (χ2v) is 11.1. The molecule has 1 fully saturated rings. The SMILES string of the molecule is C=C/C(=C/C(/C=C/C=C1/C=CC=CC1)c1ccc(C)cc1)c1ccc(N(C)c2cccc(C=C3CC/C3=C/C)c2)cc1. The van der Waals surface area contributed by atoms with E-state index in [9.17, 15) is 0 Å². The molecule has 0 N–H and O–H groups in total. The highest BCUT2D eigenvalue weighted by atomic mass is 15.1. The summed E-state index contributed by atoms with van der Waals surface area (Å²) in [5, 5.41) is 0. The molecule has 0 heterocycles.